The van der Waals surface area contributed by atoms with Crippen LogP contribution < -0.4 is 4.74 Å². The highest BCUT2D eigenvalue weighted by atomic mass is 35.5. The summed E-state index contributed by atoms with van der Waals surface area (Å²) in [6.45, 7) is 6.63. The number of nitrogens with zero attached hydrogens (tertiary/aromatic N) is 2. The monoisotopic (exact) mass is 274 g/mol. The van der Waals surface area contributed by atoms with Crippen molar-refractivity contribution < 1.29 is 14.2 Å². The Kier molecular flexibility index (Phi) is 7.64. The summed E-state index contributed by atoms with van der Waals surface area (Å²) >= 11 is 5.87. The fourth-order valence-electron chi connectivity index (χ4n) is 1.23. The lowest BCUT2D eigenvalue weighted by Gasteiger charge is -2.07. The van der Waals surface area contributed by atoms with Gasteiger partial charge in [0.25, 0.3) is 0 Å². The number of hydrogen-bond donors (Lipinski definition) is 0. The molecule has 0 aliphatic heterocycles. The minimum atomic E-state index is 0.333. The van der Waals surface area contributed by atoms with Gasteiger partial charge in [0.1, 0.15) is 18.4 Å². The lowest BCUT2D eigenvalue weighted by atomic mass is 10.5. The average molecular weight is 275 g/mol. The maximum Gasteiger partial charge on any atom is 0.218 e. The van der Waals surface area contributed by atoms with E-state index in [4.69, 9.17) is 25.8 Å². The molecule has 18 heavy (non-hydrogen) atoms. The minimum Gasteiger partial charge on any atom is -0.475 e. The molecular formula is C12H19ClN2O3. The number of rotatable bonds is 9. The Morgan fingerprint density at radius 3 is 2.67 bits per heavy atom. The first kappa shape index (κ1) is 15.1. The number of aromatic nitrogens is 2. The van der Waals surface area contributed by atoms with Crippen LogP contribution in [0.25, 0.3) is 0 Å². The predicted octanol–water partition coefficient (Wildman–Crippen LogP) is 2.47. The fraction of sp³-hybridized carbons (Fsp3) is 0.667. The second kappa shape index (κ2) is 9.08. The van der Waals surface area contributed by atoms with Crippen molar-refractivity contribution in [3.63, 3.8) is 0 Å². The lowest BCUT2D eigenvalue weighted by Crippen LogP contribution is -2.09. The van der Waals surface area contributed by atoms with Crippen LogP contribution >= 0.6 is 11.6 Å². The van der Waals surface area contributed by atoms with Crippen LogP contribution in [0.15, 0.2) is 6.07 Å². The summed E-state index contributed by atoms with van der Waals surface area (Å²) in [7, 11) is 0. The molecule has 5 nitrogen and oxygen atoms in total. The topological polar surface area (TPSA) is 53.5 Å². The van der Waals surface area contributed by atoms with Gasteiger partial charge in [-0.2, -0.15) is 4.98 Å². The molecule has 0 aliphatic rings. The van der Waals surface area contributed by atoms with Crippen molar-refractivity contribution in [1.29, 1.82) is 0 Å². The summed E-state index contributed by atoms with van der Waals surface area (Å²) in [5, 5.41) is 0.351. The maximum absolute atomic E-state index is 5.87. The van der Waals surface area contributed by atoms with E-state index in [2.05, 4.69) is 16.9 Å². The smallest absolute Gasteiger partial charge is 0.218 e. The first-order valence-electron chi connectivity index (χ1n) is 6.08. The molecule has 1 rings (SSSR count). The number of hydrogen-bond acceptors (Lipinski definition) is 5. The summed E-state index contributed by atoms with van der Waals surface area (Å²) in [6.07, 6.45) is 0.998. The Morgan fingerprint density at radius 1 is 1.11 bits per heavy atom. The Balaban J connectivity index is 2.41. The zero-order valence-corrected chi connectivity index (χ0v) is 11.6. The van der Waals surface area contributed by atoms with E-state index in [0.29, 0.717) is 43.3 Å². The summed E-state index contributed by atoms with van der Waals surface area (Å²) in [5.41, 5.74) is 0. The van der Waals surface area contributed by atoms with Crippen molar-refractivity contribution in [1.82, 2.24) is 9.97 Å². The molecule has 0 radical (unpaired) electrons. The molecule has 0 N–H and O–H groups in total. The third-order valence-corrected chi connectivity index (χ3v) is 2.17. The molecule has 0 bridgehead atoms. The van der Waals surface area contributed by atoms with Gasteiger partial charge in [-0.1, -0.05) is 18.5 Å². The van der Waals surface area contributed by atoms with Crippen molar-refractivity contribution in [2.45, 2.75) is 26.9 Å². The molecule has 0 spiro atoms. The highest BCUT2D eigenvalue weighted by Crippen LogP contribution is 2.14. The van der Waals surface area contributed by atoms with Gasteiger partial charge in [0.2, 0.25) is 5.88 Å². The maximum atomic E-state index is 5.87. The standard InChI is InChI=1S/C12H19ClN2O3/c1-3-5-17-6-7-18-12-8-10(13)14-11(15-12)9-16-4-2/h8H,3-7,9H2,1-2H3. The molecule has 0 amide bonds. The molecule has 1 aromatic rings. The van der Waals surface area contributed by atoms with Gasteiger partial charge >= 0.3 is 0 Å². The van der Waals surface area contributed by atoms with E-state index in [9.17, 15) is 0 Å². The SMILES string of the molecule is CCCOCCOc1cc(Cl)nc(COCC)n1. The van der Waals surface area contributed by atoms with Gasteiger partial charge in [-0.15, -0.1) is 0 Å². The zero-order chi connectivity index (χ0) is 13.2. The first-order chi connectivity index (χ1) is 8.76. The molecule has 0 aromatic carbocycles. The van der Waals surface area contributed by atoms with E-state index in [0.717, 1.165) is 13.0 Å². The molecule has 0 saturated heterocycles. The van der Waals surface area contributed by atoms with E-state index >= 15 is 0 Å². The molecule has 102 valence electrons. The zero-order valence-electron chi connectivity index (χ0n) is 10.8. The van der Waals surface area contributed by atoms with Crippen LogP contribution in [-0.4, -0.2) is 36.4 Å². The summed E-state index contributed by atoms with van der Waals surface area (Å²) in [4.78, 5) is 8.24. The van der Waals surface area contributed by atoms with Crippen LogP contribution in [0.3, 0.4) is 0 Å². The summed E-state index contributed by atoms with van der Waals surface area (Å²) < 4.78 is 16.0. The van der Waals surface area contributed by atoms with Gasteiger partial charge in [-0.3, -0.25) is 0 Å². The van der Waals surface area contributed by atoms with Gasteiger partial charge in [0, 0.05) is 19.3 Å². The highest BCUT2D eigenvalue weighted by Gasteiger charge is 2.04. The van der Waals surface area contributed by atoms with Crippen molar-refractivity contribution in [2.75, 3.05) is 26.4 Å². The van der Waals surface area contributed by atoms with Gasteiger partial charge in [-0.05, 0) is 13.3 Å². The van der Waals surface area contributed by atoms with E-state index in [1.807, 2.05) is 6.92 Å². The molecule has 0 aliphatic carbocycles. The van der Waals surface area contributed by atoms with Crippen LogP contribution in [0.4, 0.5) is 0 Å². The first-order valence-corrected chi connectivity index (χ1v) is 6.45. The highest BCUT2D eigenvalue weighted by molar-refractivity contribution is 6.29. The molecule has 0 unspecified atom stereocenters. The second-order valence-electron chi connectivity index (χ2n) is 3.54. The second-order valence-corrected chi connectivity index (χ2v) is 3.93. The van der Waals surface area contributed by atoms with Crippen molar-refractivity contribution in [3.8, 4) is 5.88 Å². The van der Waals surface area contributed by atoms with Crippen LogP contribution in [0.2, 0.25) is 5.15 Å². The molecule has 0 atom stereocenters. The molecule has 0 fully saturated rings. The summed E-state index contributed by atoms with van der Waals surface area (Å²) in [6, 6.07) is 1.58. The predicted molar refractivity (Wildman–Crippen MR) is 69.0 cm³/mol. The van der Waals surface area contributed by atoms with Gasteiger partial charge in [-0.25, -0.2) is 4.98 Å². The molecule has 1 aromatic heterocycles. The van der Waals surface area contributed by atoms with Crippen LogP contribution in [0, 0.1) is 0 Å². The van der Waals surface area contributed by atoms with Crippen LogP contribution in [0.1, 0.15) is 26.1 Å². The van der Waals surface area contributed by atoms with E-state index < -0.39 is 0 Å². The average Bonchev–Trinajstić information content (AvgIpc) is 2.35. The van der Waals surface area contributed by atoms with E-state index in [1.165, 1.54) is 0 Å². The largest absolute Gasteiger partial charge is 0.475 e. The third-order valence-electron chi connectivity index (χ3n) is 1.98. The lowest BCUT2D eigenvalue weighted by molar-refractivity contribution is 0.0979. The quantitative estimate of drug-likeness (QED) is 0.511. The van der Waals surface area contributed by atoms with Gasteiger partial charge < -0.3 is 14.2 Å². The van der Waals surface area contributed by atoms with Crippen molar-refractivity contribution >= 4 is 11.6 Å². The normalized spacial score (nSPS) is 10.6. The number of ether oxygens (including phenoxy) is 3. The van der Waals surface area contributed by atoms with Gasteiger partial charge in [0.05, 0.1) is 6.61 Å². The van der Waals surface area contributed by atoms with E-state index in [-0.39, 0.29) is 0 Å². The Hall–Kier alpha value is -0.910. The molecule has 0 saturated carbocycles. The Morgan fingerprint density at radius 2 is 1.94 bits per heavy atom. The molecule has 6 heteroatoms. The third kappa shape index (κ3) is 6.14. The van der Waals surface area contributed by atoms with E-state index in [1.54, 1.807) is 6.07 Å². The van der Waals surface area contributed by atoms with Crippen molar-refractivity contribution in [2.24, 2.45) is 0 Å². The fourth-order valence-corrected chi connectivity index (χ4v) is 1.42. The number of halogens is 1. The molecule has 1 heterocycles. The minimum absolute atomic E-state index is 0.333. The summed E-state index contributed by atoms with van der Waals surface area (Å²) in [5.74, 6) is 0.971. The Bertz CT molecular complexity index is 350. The van der Waals surface area contributed by atoms with Crippen LogP contribution in [-0.2, 0) is 16.1 Å². The van der Waals surface area contributed by atoms with Crippen LogP contribution in [0.5, 0.6) is 5.88 Å². The molecular weight excluding hydrogens is 256 g/mol. The Labute approximate surface area is 112 Å². The van der Waals surface area contributed by atoms with Gasteiger partial charge in [0.15, 0.2) is 5.82 Å². The van der Waals surface area contributed by atoms with Crippen molar-refractivity contribution in [3.05, 3.63) is 17.0 Å².